The van der Waals surface area contributed by atoms with Gasteiger partial charge in [0.1, 0.15) is 12.6 Å². The maximum Gasteiger partial charge on any atom is 0.408 e. The van der Waals surface area contributed by atoms with Crippen LogP contribution in [0.3, 0.4) is 0 Å². The van der Waals surface area contributed by atoms with E-state index in [9.17, 15) is 23.1 Å². The van der Waals surface area contributed by atoms with Crippen molar-refractivity contribution >= 4 is 22.1 Å². The molecule has 2 rings (SSSR count). The highest BCUT2D eigenvalue weighted by Gasteiger charge is 2.20. The number of nitrogens with one attached hydrogen (secondary N) is 2. The third kappa shape index (κ3) is 7.84. The summed E-state index contributed by atoms with van der Waals surface area (Å²) in [5, 5.41) is 11.6. The summed E-state index contributed by atoms with van der Waals surface area (Å²) in [6, 6.07) is 14.4. The molecular weight excluding hydrogens is 408 g/mol. The lowest BCUT2D eigenvalue weighted by molar-refractivity contribution is -0.139. The number of hydrogen-bond donors (Lipinski definition) is 3. The van der Waals surface area contributed by atoms with Gasteiger partial charge in [-0.1, -0.05) is 48.0 Å². The molecule has 8 nitrogen and oxygen atoms in total. The SMILES string of the molecule is Cc1ccc(S(=O)(=O)NCCCC[C@H](NC(=O)OCc2ccccc2)C(=O)O)cc1. The number of alkyl carbamates (subject to hydrolysis) is 1. The standard InChI is InChI=1S/C21H26N2O6S/c1-16-10-12-18(13-11-16)30(27,28)22-14-6-5-9-19(20(24)25)23-21(26)29-15-17-7-3-2-4-8-17/h2-4,7-8,10-13,19,22H,5-6,9,14-15H2,1H3,(H,23,26)(H,24,25)/t19-/m0/s1. The van der Waals surface area contributed by atoms with Gasteiger partial charge in [-0.3, -0.25) is 0 Å². The van der Waals surface area contributed by atoms with Gasteiger partial charge in [0, 0.05) is 6.54 Å². The molecule has 2 aromatic carbocycles. The Morgan fingerprint density at radius 1 is 1.03 bits per heavy atom. The Hall–Kier alpha value is -2.91. The van der Waals surface area contributed by atoms with E-state index in [1.807, 2.05) is 25.1 Å². The molecule has 0 fully saturated rings. The average molecular weight is 435 g/mol. The second kappa shape index (κ2) is 11.3. The Morgan fingerprint density at radius 2 is 1.70 bits per heavy atom. The van der Waals surface area contributed by atoms with Crippen molar-refractivity contribution in [3.8, 4) is 0 Å². The van der Waals surface area contributed by atoms with Crippen LogP contribution >= 0.6 is 0 Å². The molecule has 1 amide bonds. The maximum atomic E-state index is 12.2. The van der Waals surface area contributed by atoms with Crippen molar-refractivity contribution in [1.82, 2.24) is 10.0 Å². The number of hydrogen-bond acceptors (Lipinski definition) is 5. The highest BCUT2D eigenvalue weighted by molar-refractivity contribution is 7.89. The normalized spacial score (nSPS) is 12.2. The van der Waals surface area contributed by atoms with Gasteiger partial charge in [-0.25, -0.2) is 22.7 Å². The smallest absolute Gasteiger partial charge is 0.408 e. The molecule has 30 heavy (non-hydrogen) atoms. The largest absolute Gasteiger partial charge is 0.480 e. The highest BCUT2D eigenvalue weighted by Crippen LogP contribution is 2.10. The summed E-state index contributed by atoms with van der Waals surface area (Å²) >= 11 is 0. The van der Waals surface area contributed by atoms with E-state index >= 15 is 0 Å². The summed E-state index contributed by atoms with van der Waals surface area (Å²) in [6.07, 6.45) is 0.176. The summed E-state index contributed by atoms with van der Waals surface area (Å²) < 4.78 is 31.9. The van der Waals surface area contributed by atoms with Crippen LogP contribution in [0.25, 0.3) is 0 Å². The van der Waals surface area contributed by atoms with Gasteiger partial charge in [0.15, 0.2) is 0 Å². The summed E-state index contributed by atoms with van der Waals surface area (Å²) in [5.74, 6) is -1.17. The summed E-state index contributed by atoms with van der Waals surface area (Å²) in [6.45, 7) is 2.08. The average Bonchev–Trinajstić information content (AvgIpc) is 2.72. The third-order valence-corrected chi connectivity index (χ3v) is 5.82. The molecule has 0 radical (unpaired) electrons. The summed E-state index contributed by atoms with van der Waals surface area (Å²) in [7, 11) is -3.60. The van der Waals surface area contributed by atoms with Crippen molar-refractivity contribution in [1.29, 1.82) is 0 Å². The topological polar surface area (TPSA) is 122 Å². The van der Waals surface area contributed by atoms with E-state index < -0.39 is 28.1 Å². The fraction of sp³-hybridized carbons (Fsp3) is 0.333. The lowest BCUT2D eigenvalue weighted by atomic mass is 10.1. The van der Waals surface area contributed by atoms with Gasteiger partial charge in [0.25, 0.3) is 0 Å². The molecule has 0 saturated carbocycles. The maximum absolute atomic E-state index is 12.2. The van der Waals surface area contributed by atoms with Crippen molar-refractivity contribution < 1.29 is 27.9 Å². The number of sulfonamides is 1. The Bertz CT molecular complexity index is 930. The van der Waals surface area contributed by atoms with Crippen LogP contribution in [0.1, 0.15) is 30.4 Å². The van der Waals surface area contributed by atoms with E-state index in [2.05, 4.69) is 10.0 Å². The summed E-state index contributed by atoms with van der Waals surface area (Å²) in [4.78, 5) is 23.4. The Morgan fingerprint density at radius 3 is 2.33 bits per heavy atom. The zero-order valence-electron chi connectivity index (χ0n) is 16.7. The molecule has 1 atom stereocenters. The first-order valence-corrected chi connectivity index (χ1v) is 11.0. The number of ether oxygens (including phenoxy) is 1. The molecule has 0 bridgehead atoms. The van der Waals surface area contributed by atoms with Gasteiger partial charge < -0.3 is 15.2 Å². The molecule has 0 aliphatic rings. The first-order valence-electron chi connectivity index (χ1n) is 9.54. The fourth-order valence-electron chi connectivity index (χ4n) is 2.65. The van der Waals surface area contributed by atoms with Crippen molar-refractivity contribution in [3.63, 3.8) is 0 Å². The summed E-state index contributed by atoms with van der Waals surface area (Å²) in [5.41, 5.74) is 1.75. The molecule has 2 aromatic rings. The first-order chi connectivity index (χ1) is 14.3. The van der Waals surface area contributed by atoms with Gasteiger partial charge in [-0.15, -0.1) is 0 Å². The minimum Gasteiger partial charge on any atom is -0.480 e. The van der Waals surface area contributed by atoms with Crippen LogP contribution in [0.15, 0.2) is 59.5 Å². The Balaban J connectivity index is 1.72. The second-order valence-corrected chi connectivity index (χ2v) is 8.57. The van der Waals surface area contributed by atoms with Gasteiger partial charge in [0.05, 0.1) is 4.90 Å². The molecule has 0 aliphatic carbocycles. The number of aliphatic carboxylic acids is 1. The quantitative estimate of drug-likeness (QED) is 0.468. The molecular formula is C21H26N2O6S. The zero-order valence-corrected chi connectivity index (χ0v) is 17.5. The van der Waals surface area contributed by atoms with Crippen molar-refractivity contribution in [3.05, 3.63) is 65.7 Å². The highest BCUT2D eigenvalue weighted by atomic mass is 32.2. The lowest BCUT2D eigenvalue weighted by Gasteiger charge is -2.14. The molecule has 0 aliphatic heterocycles. The van der Waals surface area contributed by atoms with Crippen molar-refractivity contribution in [2.24, 2.45) is 0 Å². The molecule has 0 spiro atoms. The van der Waals surface area contributed by atoms with E-state index in [0.717, 1.165) is 11.1 Å². The number of carbonyl (C=O) groups excluding carboxylic acids is 1. The van der Waals surface area contributed by atoms with Crippen LogP contribution in [0.5, 0.6) is 0 Å². The van der Waals surface area contributed by atoms with Crippen LogP contribution < -0.4 is 10.0 Å². The van der Waals surface area contributed by atoms with E-state index in [1.165, 1.54) is 12.1 Å². The number of carbonyl (C=O) groups is 2. The van der Waals surface area contributed by atoms with Gasteiger partial charge in [0.2, 0.25) is 10.0 Å². The van der Waals surface area contributed by atoms with Crippen LogP contribution in [0.2, 0.25) is 0 Å². The zero-order chi connectivity index (χ0) is 22.0. The predicted octanol–water partition coefficient (Wildman–Crippen LogP) is 2.82. The number of unbranched alkanes of at least 4 members (excludes halogenated alkanes) is 1. The van der Waals surface area contributed by atoms with Gasteiger partial charge in [-0.05, 0) is 43.9 Å². The fourth-order valence-corrected chi connectivity index (χ4v) is 3.72. The number of carboxylic acid groups (broad SMARTS) is 1. The van der Waals surface area contributed by atoms with Crippen LogP contribution in [0, 0.1) is 6.92 Å². The first kappa shape index (κ1) is 23.4. The second-order valence-electron chi connectivity index (χ2n) is 6.80. The van der Waals surface area contributed by atoms with Gasteiger partial charge >= 0.3 is 12.1 Å². The minimum atomic E-state index is -3.60. The Kier molecular flexibility index (Phi) is 8.82. The molecule has 0 aromatic heterocycles. The van der Waals surface area contributed by atoms with E-state index in [-0.39, 0.29) is 24.5 Å². The molecule has 0 unspecified atom stereocenters. The number of aryl methyl sites for hydroxylation is 1. The molecule has 0 saturated heterocycles. The number of amides is 1. The van der Waals surface area contributed by atoms with Crippen LogP contribution in [0.4, 0.5) is 4.79 Å². The van der Waals surface area contributed by atoms with Crippen molar-refractivity contribution in [2.45, 2.75) is 43.7 Å². The number of benzene rings is 2. The molecule has 9 heteroatoms. The van der Waals surface area contributed by atoms with E-state index in [0.29, 0.717) is 12.8 Å². The number of rotatable bonds is 11. The third-order valence-electron chi connectivity index (χ3n) is 4.35. The molecule has 3 N–H and O–H groups in total. The molecule has 0 heterocycles. The monoisotopic (exact) mass is 434 g/mol. The lowest BCUT2D eigenvalue weighted by Crippen LogP contribution is -2.41. The van der Waals surface area contributed by atoms with Crippen molar-refractivity contribution in [2.75, 3.05) is 6.54 Å². The van der Waals surface area contributed by atoms with E-state index in [1.54, 1.807) is 24.3 Å². The van der Waals surface area contributed by atoms with Crippen LogP contribution in [-0.4, -0.2) is 38.2 Å². The van der Waals surface area contributed by atoms with Crippen LogP contribution in [-0.2, 0) is 26.2 Å². The number of carboxylic acids is 1. The predicted molar refractivity (Wildman–Crippen MR) is 111 cm³/mol. The Labute approximate surface area is 176 Å². The molecule has 162 valence electrons. The van der Waals surface area contributed by atoms with Gasteiger partial charge in [-0.2, -0.15) is 0 Å². The van der Waals surface area contributed by atoms with E-state index in [4.69, 9.17) is 4.74 Å². The minimum absolute atomic E-state index is 0.0415.